The first-order valence-corrected chi connectivity index (χ1v) is 10.3. The van der Waals surface area contributed by atoms with E-state index in [2.05, 4.69) is 49.2 Å². The van der Waals surface area contributed by atoms with Crippen molar-refractivity contribution in [1.29, 1.82) is 0 Å². The molecule has 0 atom stereocenters. The second-order valence-corrected chi connectivity index (χ2v) is 8.22. The molecule has 6 nitrogen and oxygen atoms in total. The number of primary amides is 1. The van der Waals surface area contributed by atoms with Gasteiger partial charge in [0.05, 0.1) is 12.1 Å². The van der Waals surface area contributed by atoms with Crippen molar-refractivity contribution < 1.29 is 14.3 Å². The zero-order chi connectivity index (χ0) is 20.9. The van der Waals surface area contributed by atoms with Crippen molar-refractivity contribution in [2.45, 2.75) is 39.1 Å². The van der Waals surface area contributed by atoms with Gasteiger partial charge < -0.3 is 20.1 Å². The number of amides is 2. The number of nitrogens with zero attached hydrogens (tertiary/aromatic N) is 2. The Morgan fingerprint density at radius 1 is 1.17 bits per heavy atom. The van der Waals surface area contributed by atoms with Crippen LogP contribution < -0.4 is 10.5 Å². The first-order valence-electron chi connectivity index (χ1n) is 10.3. The molecular weight excluding hydrogens is 378 g/mol. The summed E-state index contributed by atoms with van der Waals surface area (Å²) < 4.78 is 12.6. The van der Waals surface area contributed by atoms with Crippen LogP contribution in [0.2, 0.25) is 0 Å². The quantitative estimate of drug-likeness (QED) is 0.657. The number of ether oxygens (including phenoxy) is 2. The molecule has 6 heteroatoms. The molecule has 3 aromatic rings. The monoisotopic (exact) mass is 403 g/mol. The molecule has 154 valence electrons. The summed E-state index contributed by atoms with van der Waals surface area (Å²) in [5.41, 5.74) is 12.0. The summed E-state index contributed by atoms with van der Waals surface area (Å²) in [6.45, 7) is 5.78. The second kappa shape index (κ2) is 6.99. The van der Waals surface area contributed by atoms with Crippen molar-refractivity contribution in [3.05, 3.63) is 59.3 Å². The van der Waals surface area contributed by atoms with Crippen molar-refractivity contribution >= 4 is 16.9 Å². The molecular formula is C24H25N3O3. The van der Waals surface area contributed by atoms with E-state index in [1.807, 2.05) is 12.3 Å². The van der Waals surface area contributed by atoms with Gasteiger partial charge in [-0.05, 0) is 54.3 Å². The number of benzene rings is 2. The maximum atomic E-state index is 11.4. The Morgan fingerprint density at radius 3 is 2.73 bits per heavy atom. The molecule has 0 unspecified atom stereocenters. The molecule has 30 heavy (non-hydrogen) atoms. The molecule has 0 aliphatic carbocycles. The Hall–Kier alpha value is -3.12. The van der Waals surface area contributed by atoms with Crippen molar-refractivity contribution in [2.75, 3.05) is 13.1 Å². The van der Waals surface area contributed by atoms with Gasteiger partial charge in [0.1, 0.15) is 5.75 Å². The summed E-state index contributed by atoms with van der Waals surface area (Å²) in [7, 11) is 0. The summed E-state index contributed by atoms with van der Waals surface area (Å²) >= 11 is 0. The maximum absolute atomic E-state index is 11.4. The number of pyridine rings is 1. The van der Waals surface area contributed by atoms with Crippen LogP contribution in [-0.4, -0.2) is 34.8 Å². The van der Waals surface area contributed by atoms with Gasteiger partial charge in [-0.3, -0.25) is 4.98 Å². The first-order chi connectivity index (χ1) is 14.5. The third kappa shape index (κ3) is 3.08. The van der Waals surface area contributed by atoms with Crippen LogP contribution in [0, 0.1) is 13.8 Å². The zero-order valence-electron chi connectivity index (χ0n) is 17.3. The number of hydrogen-bond donors (Lipinski definition) is 1. The van der Waals surface area contributed by atoms with E-state index in [1.54, 1.807) is 4.90 Å². The van der Waals surface area contributed by atoms with E-state index in [0.717, 1.165) is 33.3 Å². The highest BCUT2D eigenvalue weighted by Gasteiger charge is 2.42. The zero-order valence-corrected chi connectivity index (χ0v) is 17.3. The Kier molecular flexibility index (Phi) is 4.40. The molecule has 5 rings (SSSR count). The van der Waals surface area contributed by atoms with Gasteiger partial charge in [0.2, 0.25) is 5.79 Å². The highest BCUT2D eigenvalue weighted by molar-refractivity contribution is 5.88. The van der Waals surface area contributed by atoms with Gasteiger partial charge in [-0.15, -0.1) is 0 Å². The topological polar surface area (TPSA) is 77.7 Å². The molecule has 3 heterocycles. The average molecular weight is 403 g/mol. The molecule has 1 fully saturated rings. The number of carbonyl (C=O) groups excluding carboxylic acids is 1. The molecule has 1 saturated heterocycles. The molecule has 1 aromatic heterocycles. The van der Waals surface area contributed by atoms with Crippen molar-refractivity contribution in [3.8, 4) is 16.9 Å². The standard InChI is InChI=1S/C24H25N3O3/c1-15-12-18(20-6-5-17-4-3-9-26-21(17)16(20)2)13-19-14-29-24(30-22(15)19)7-10-27(11-8-24)23(25)28/h3-6,9,12-13H,7-8,10-11,14H2,1-2H3,(H2,25,28). The Morgan fingerprint density at radius 2 is 1.97 bits per heavy atom. The van der Waals surface area contributed by atoms with Crippen LogP contribution in [-0.2, 0) is 11.3 Å². The number of nitrogens with two attached hydrogens (primary N) is 1. The number of aryl methyl sites for hydroxylation is 2. The third-order valence-corrected chi connectivity index (χ3v) is 6.31. The van der Waals surface area contributed by atoms with Crippen molar-refractivity contribution in [1.82, 2.24) is 9.88 Å². The summed E-state index contributed by atoms with van der Waals surface area (Å²) in [6.07, 6.45) is 3.07. The van der Waals surface area contributed by atoms with Crippen LogP contribution in [0.3, 0.4) is 0 Å². The summed E-state index contributed by atoms with van der Waals surface area (Å²) in [4.78, 5) is 17.6. The number of aromatic nitrogens is 1. The van der Waals surface area contributed by atoms with Gasteiger partial charge in [0.25, 0.3) is 0 Å². The third-order valence-electron chi connectivity index (χ3n) is 6.31. The number of carbonyl (C=O) groups is 1. The molecule has 0 radical (unpaired) electrons. The van der Waals surface area contributed by atoms with E-state index in [9.17, 15) is 4.79 Å². The van der Waals surface area contributed by atoms with Crippen LogP contribution in [0.15, 0.2) is 42.6 Å². The molecule has 2 aliphatic rings. The first kappa shape index (κ1) is 18.9. The van der Waals surface area contributed by atoms with Gasteiger partial charge in [-0.1, -0.05) is 18.2 Å². The molecule has 2 aromatic carbocycles. The van der Waals surface area contributed by atoms with Crippen LogP contribution in [0.1, 0.15) is 29.5 Å². The second-order valence-electron chi connectivity index (χ2n) is 8.22. The van der Waals surface area contributed by atoms with Crippen molar-refractivity contribution in [2.24, 2.45) is 5.73 Å². The lowest BCUT2D eigenvalue weighted by molar-refractivity contribution is -0.225. The van der Waals surface area contributed by atoms with Gasteiger partial charge in [0.15, 0.2) is 0 Å². The lowest BCUT2D eigenvalue weighted by Gasteiger charge is -2.44. The minimum absolute atomic E-state index is 0.387. The van der Waals surface area contributed by atoms with Crippen LogP contribution in [0.5, 0.6) is 5.75 Å². The number of piperidine rings is 1. The number of hydrogen-bond acceptors (Lipinski definition) is 4. The fraction of sp³-hybridized carbons (Fsp3) is 0.333. The minimum Gasteiger partial charge on any atom is -0.462 e. The van der Waals surface area contributed by atoms with E-state index in [-0.39, 0.29) is 6.03 Å². The van der Waals surface area contributed by atoms with Gasteiger partial charge >= 0.3 is 6.03 Å². The number of rotatable bonds is 1. The normalized spacial score (nSPS) is 17.6. The predicted molar refractivity (Wildman–Crippen MR) is 115 cm³/mol. The molecule has 1 spiro atoms. The number of likely N-dealkylation sites (tertiary alicyclic amines) is 1. The summed E-state index contributed by atoms with van der Waals surface area (Å²) in [5, 5.41) is 1.14. The summed E-state index contributed by atoms with van der Waals surface area (Å²) in [5.74, 6) is 0.225. The van der Waals surface area contributed by atoms with E-state index in [1.165, 1.54) is 11.1 Å². The lowest BCUT2D eigenvalue weighted by atomic mass is 9.93. The molecule has 2 N–H and O–H groups in total. The number of urea groups is 1. The Bertz CT molecular complexity index is 1150. The Balaban J connectivity index is 1.47. The highest BCUT2D eigenvalue weighted by atomic mass is 16.7. The minimum atomic E-state index is -0.673. The fourth-order valence-electron chi connectivity index (χ4n) is 4.60. The summed E-state index contributed by atoms with van der Waals surface area (Å²) in [6, 6.07) is 12.3. The average Bonchev–Trinajstić information content (AvgIpc) is 2.75. The van der Waals surface area contributed by atoms with E-state index in [4.69, 9.17) is 15.2 Å². The van der Waals surface area contributed by atoms with Crippen LogP contribution in [0.4, 0.5) is 4.79 Å². The molecule has 0 saturated carbocycles. The SMILES string of the molecule is Cc1cc(-c2ccc3cccnc3c2C)cc2c1OC1(CCN(C(N)=O)CC1)OC2. The smallest absolute Gasteiger partial charge is 0.314 e. The largest absolute Gasteiger partial charge is 0.462 e. The van der Waals surface area contributed by atoms with Gasteiger partial charge in [0, 0.05) is 43.1 Å². The van der Waals surface area contributed by atoms with Gasteiger partial charge in [-0.25, -0.2) is 4.79 Å². The maximum Gasteiger partial charge on any atom is 0.314 e. The highest BCUT2D eigenvalue weighted by Crippen LogP contribution is 2.42. The van der Waals surface area contributed by atoms with Gasteiger partial charge in [-0.2, -0.15) is 0 Å². The van der Waals surface area contributed by atoms with Crippen LogP contribution >= 0.6 is 0 Å². The van der Waals surface area contributed by atoms with E-state index < -0.39 is 5.79 Å². The Labute approximate surface area is 175 Å². The number of fused-ring (bicyclic) bond motifs is 2. The lowest BCUT2D eigenvalue weighted by Crippen LogP contribution is -2.53. The molecule has 0 bridgehead atoms. The molecule has 2 aliphatic heterocycles. The molecule has 2 amide bonds. The van der Waals surface area contributed by atoms with Crippen molar-refractivity contribution in [3.63, 3.8) is 0 Å². The fourth-order valence-corrected chi connectivity index (χ4v) is 4.60. The van der Waals surface area contributed by atoms with E-state index >= 15 is 0 Å². The van der Waals surface area contributed by atoms with E-state index in [0.29, 0.717) is 32.5 Å². The predicted octanol–water partition coefficient (Wildman–Crippen LogP) is 4.30. The van der Waals surface area contributed by atoms with Crippen LogP contribution in [0.25, 0.3) is 22.0 Å².